The van der Waals surface area contributed by atoms with Crippen LogP contribution in [-0.2, 0) is 26.1 Å². The van der Waals surface area contributed by atoms with Crippen LogP contribution in [0.3, 0.4) is 0 Å². The minimum absolute atomic E-state index is 0.0401. The van der Waals surface area contributed by atoms with Gasteiger partial charge in [0.2, 0.25) is 5.91 Å². The van der Waals surface area contributed by atoms with Crippen molar-refractivity contribution in [2.75, 3.05) is 16.6 Å². The van der Waals surface area contributed by atoms with Gasteiger partial charge in [-0.1, -0.05) is 0 Å². The second-order valence-corrected chi connectivity index (χ2v) is 9.08. The Balaban J connectivity index is 1.66. The third-order valence-corrected chi connectivity index (χ3v) is 6.37. The van der Waals surface area contributed by atoms with E-state index in [1.165, 1.54) is 24.3 Å². The van der Waals surface area contributed by atoms with Crippen molar-refractivity contribution in [1.82, 2.24) is 4.57 Å². The third kappa shape index (κ3) is 5.60. The number of ether oxygens (including phenoxy) is 1. The maximum absolute atomic E-state index is 13.4. The number of carbonyl (C=O) groups excluding carboxylic acids is 2. The molecule has 2 aromatic carbocycles. The molecule has 0 spiro atoms. The van der Waals surface area contributed by atoms with Crippen molar-refractivity contribution in [3.05, 3.63) is 77.1 Å². The molecule has 8 nitrogen and oxygen atoms in total. The summed E-state index contributed by atoms with van der Waals surface area (Å²) in [5.41, 5.74) is 2.29. The molecule has 0 unspecified atom stereocenters. The molecule has 0 saturated heterocycles. The summed E-state index contributed by atoms with van der Waals surface area (Å²) in [6, 6.07) is 9.73. The Kier molecular flexibility index (Phi) is 7.35. The number of anilines is 2. The lowest BCUT2D eigenvalue weighted by Gasteiger charge is -2.12. The van der Waals surface area contributed by atoms with E-state index in [4.69, 9.17) is 4.74 Å². The number of rotatable bonds is 8. The fourth-order valence-corrected chi connectivity index (χ4v) is 4.35. The highest BCUT2D eigenvalue weighted by atomic mass is 32.2. The summed E-state index contributed by atoms with van der Waals surface area (Å²) in [4.78, 5) is 24.1. The standard InChI is InChI=1S/C23H23F2N3O5S/c1-4-33-23(30)19-11-14(2)28(15(19)3)13-22(29)26-16-5-7-17(8-6-16)27-34(31,32)18-9-10-20(24)21(25)12-18/h5-12,27H,4,13H2,1-3H3,(H,26,29). The number of aryl methyl sites for hydroxylation is 1. The van der Waals surface area contributed by atoms with E-state index in [-0.39, 0.29) is 24.7 Å². The molecule has 0 radical (unpaired) electrons. The van der Waals surface area contributed by atoms with Crippen LogP contribution < -0.4 is 10.0 Å². The zero-order valence-corrected chi connectivity index (χ0v) is 19.5. The number of hydrogen-bond acceptors (Lipinski definition) is 5. The number of hydrogen-bond donors (Lipinski definition) is 2. The molecule has 1 aromatic heterocycles. The van der Waals surface area contributed by atoms with Crippen molar-refractivity contribution in [2.45, 2.75) is 32.2 Å². The molecule has 3 rings (SSSR count). The van der Waals surface area contributed by atoms with E-state index >= 15 is 0 Å². The van der Waals surface area contributed by atoms with Crippen LogP contribution in [-0.4, -0.2) is 31.5 Å². The second kappa shape index (κ2) is 10.0. The molecular weight excluding hydrogens is 468 g/mol. The Hall–Kier alpha value is -3.73. The molecule has 0 aliphatic carbocycles. The minimum atomic E-state index is -4.13. The van der Waals surface area contributed by atoms with Crippen molar-refractivity contribution in [1.29, 1.82) is 0 Å². The zero-order chi connectivity index (χ0) is 25.0. The number of nitrogens with one attached hydrogen (secondary N) is 2. The number of halogens is 2. The third-order valence-electron chi connectivity index (χ3n) is 4.99. The number of carbonyl (C=O) groups is 2. The summed E-state index contributed by atoms with van der Waals surface area (Å²) >= 11 is 0. The largest absolute Gasteiger partial charge is 0.462 e. The Labute approximate surface area is 195 Å². The average molecular weight is 492 g/mol. The molecule has 3 aromatic rings. The molecule has 34 heavy (non-hydrogen) atoms. The summed E-state index contributed by atoms with van der Waals surface area (Å²) < 4.78 is 60.2. The van der Waals surface area contributed by atoms with E-state index in [2.05, 4.69) is 10.0 Å². The fraction of sp³-hybridized carbons (Fsp3) is 0.217. The summed E-state index contributed by atoms with van der Waals surface area (Å²) in [6.45, 7) is 5.41. The molecule has 0 aliphatic heterocycles. The molecule has 0 fully saturated rings. The van der Waals surface area contributed by atoms with Gasteiger partial charge in [0.15, 0.2) is 11.6 Å². The zero-order valence-electron chi connectivity index (χ0n) is 18.7. The van der Waals surface area contributed by atoms with Crippen LogP contribution in [0.2, 0.25) is 0 Å². The molecule has 11 heteroatoms. The molecule has 0 saturated carbocycles. The molecule has 0 bridgehead atoms. The highest BCUT2D eigenvalue weighted by Crippen LogP contribution is 2.21. The molecule has 2 N–H and O–H groups in total. The van der Waals surface area contributed by atoms with E-state index in [0.29, 0.717) is 23.0 Å². The van der Waals surface area contributed by atoms with Gasteiger partial charge in [-0.05, 0) is 69.3 Å². The van der Waals surface area contributed by atoms with Crippen LogP contribution in [0, 0.1) is 25.5 Å². The molecule has 0 aliphatic rings. The molecular formula is C23H23F2N3O5S. The lowest BCUT2D eigenvalue weighted by Crippen LogP contribution is -2.20. The number of aromatic nitrogens is 1. The summed E-state index contributed by atoms with van der Waals surface area (Å²) in [5.74, 6) is -3.24. The highest BCUT2D eigenvalue weighted by Gasteiger charge is 2.19. The van der Waals surface area contributed by atoms with Gasteiger partial charge in [-0.3, -0.25) is 9.52 Å². The first kappa shape index (κ1) is 24.9. The van der Waals surface area contributed by atoms with Crippen molar-refractivity contribution in [2.24, 2.45) is 0 Å². The maximum atomic E-state index is 13.4. The number of benzene rings is 2. The first-order valence-electron chi connectivity index (χ1n) is 10.2. The monoisotopic (exact) mass is 491 g/mol. The van der Waals surface area contributed by atoms with Crippen molar-refractivity contribution < 1.29 is 31.5 Å². The highest BCUT2D eigenvalue weighted by molar-refractivity contribution is 7.92. The van der Waals surface area contributed by atoms with Gasteiger partial charge in [0.05, 0.1) is 17.1 Å². The van der Waals surface area contributed by atoms with Crippen LogP contribution in [0.5, 0.6) is 0 Å². The topological polar surface area (TPSA) is 106 Å². The van der Waals surface area contributed by atoms with Crippen LogP contribution in [0.4, 0.5) is 20.2 Å². The van der Waals surface area contributed by atoms with Crippen molar-refractivity contribution in [3.63, 3.8) is 0 Å². The number of nitrogens with zero attached hydrogens (tertiary/aromatic N) is 1. The van der Waals surface area contributed by atoms with Crippen LogP contribution in [0.15, 0.2) is 53.4 Å². The van der Waals surface area contributed by atoms with Crippen molar-refractivity contribution in [3.8, 4) is 0 Å². The van der Waals surface area contributed by atoms with E-state index in [1.54, 1.807) is 31.4 Å². The normalized spacial score (nSPS) is 11.2. The second-order valence-electron chi connectivity index (χ2n) is 7.40. The van der Waals surface area contributed by atoms with E-state index in [9.17, 15) is 26.8 Å². The Morgan fingerprint density at radius 3 is 2.24 bits per heavy atom. The minimum Gasteiger partial charge on any atom is -0.462 e. The summed E-state index contributed by atoms with van der Waals surface area (Å²) in [5, 5.41) is 2.70. The van der Waals surface area contributed by atoms with Gasteiger partial charge in [0.1, 0.15) is 6.54 Å². The van der Waals surface area contributed by atoms with E-state index in [1.807, 2.05) is 0 Å². The molecule has 180 valence electrons. The van der Waals surface area contributed by atoms with Gasteiger partial charge in [0.25, 0.3) is 10.0 Å². The first-order chi connectivity index (χ1) is 16.0. The SMILES string of the molecule is CCOC(=O)c1cc(C)n(CC(=O)Nc2ccc(NS(=O)(=O)c3ccc(F)c(F)c3)cc2)c1C. The van der Waals surface area contributed by atoms with Gasteiger partial charge in [-0.15, -0.1) is 0 Å². The summed E-state index contributed by atoms with van der Waals surface area (Å²) in [7, 11) is -4.13. The molecule has 1 heterocycles. The lowest BCUT2D eigenvalue weighted by molar-refractivity contribution is -0.116. The summed E-state index contributed by atoms with van der Waals surface area (Å²) in [6.07, 6.45) is 0. The van der Waals surface area contributed by atoms with Gasteiger partial charge < -0.3 is 14.6 Å². The Morgan fingerprint density at radius 2 is 1.62 bits per heavy atom. The van der Waals surface area contributed by atoms with Crippen LogP contribution in [0.1, 0.15) is 28.7 Å². The Morgan fingerprint density at radius 1 is 0.971 bits per heavy atom. The van der Waals surface area contributed by atoms with Gasteiger partial charge >= 0.3 is 5.97 Å². The van der Waals surface area contributed by atoms with E-state index < -0.39 is 32.5 Å². The van der Waals surface area contributed by atoms with Crippen LogP contribution in [0.25, 0.3) is 0 Å². The first-order valence-corrected chi connectivity index (χ1v) is 11.7. The molecule has 1 amide bonds. The molecule has 0 atom stereocenters. The number of sulfonamides is 1. The average Bonchev–Trinajstić information content (AvgIpc) is 3.05. The quantitative estimate of drug-likeness (QED) is 0.464. The van der Waals surface area contributed by atoms with Crippen molar-refractivity contribution >= 4 is 33.3 Å². The van der Waals surface area contributed by atoms with Crippen LogP contribution >= 0.6 is 0 Å². The fourth-order valence-electron chi connectivity index (χ4n) is 3.28. The maximum Gasteiger partial charge on any atom is 0.339 e. The van der Waals surface area contributed by atoms with Gasteiger partial charge in [-0.2, -0.15) is 0 Å². The Bertz CT molecular complexity index is 1340. The number of esters is 1. The predicted molar refractivity (Wildman–Crippen MR) is 122 cm³/mol. The smallest absolute Gasteiger partial charge is 0.339 e. The lowest BCUT2D eigenvalue weighted by atomic mass is 10.2. The van der Waals surface area contributed by atoms with Gasteiger partial charge in [-0.25, -0.2) is 22.0 Å². The van der Waals surface area contributed by atoms with E-state index in [0.717, 1.165) is 17.8 Å². The van der Waals surface area contributed by atoms with Gasteiger partial charge in [0, 0.05) is 22.8 Å². The number of amides is 1. The predicted octanol–water partition coefficient (Wildman–Crippen LogP) is 4.00.